The molecule has 2 N–H and O–H groups in total. The van der Waals surface area contributed by atoms with Crippen LogP contribution in [0.1, 0.15) is 28.4 Å². The zero-order valence-electron chi connectivity index (χ0n) is 14.2. The van der Waals surface area contributed by atoms with E-state index >= 15 is 0 Å². The molecule has 4 nitrogen and oxygen atoms in total. The lowest BCUT2D eigenvalue weighted by atomic mass is 10.1. The maximum absolute atomic E-state index is 14.0. The summed E-state index contributed by atoms with van der Waals surface area (Å²) in [7, 11) is 0. The molecule has 0 fully saturated rings. The highest BCUT2D eigenvalue weighted by molar-refractivity contribution is 7.80. The third-order valence-electron chi connectivity index (χ3n) is 3.46. The second kappa shape index (κ2) is 8.81. The monoisotopic (exact) mass is 400 g/mol. The molecule has 0 unspecified atom stereocenters. The molecule has 0 bridgehead atoms. The number of hydrogen-bond donors (Lipinski definition) is 2. The number of ether oxygens (including phenoxy) is 1. The van der Waals surface area contributed by atoms with Crippen molar-refractivity contribution in [1.29, 1.82) is 0 Å². The number of thiocarbonyl (C=S) groups is 1. The maximum atomic E-state index is 14.0. The molecule has 0 aliphatic rings. The molecule has 0 aliphatic heterocycles. The van der Waals surface area contributed by atoms with Crippen LogP contribution in [0.5, 0.6) is 0 Å². The molecule has 0 spiro atoms. The van der Waals surface area contributed by atoms with Crippen molar-refractivity contribution >= 4 is 29.0 Å². The number of rotatable bonds is 5. The van der Waals surface area contributed by atoms with Crippen LogP contribution in [0.2, 0.25) is 0 Å². The van der Waals surface area contributed by atoms with Gasteiger partial charge in [-0.15, -0.1) is 0 Å². The summed E-state index contributed by atoms with van der Waals surface area (Å²) in [4.78, 5) is 11.7. The van der Waals surface area contributed by atoms with Gasteiger partial charge in [-0.25, -0.2) is 9.18 Å². The van der Waals surface area contributed by atoms with E-state index in [1.54, 1.807) is 25.1 Å². The van der Waals surface area contributed by atoms with Crippen LogP contribution in [0.25, 0.3) is 0 Å². The minimum absolute atomic E-state index is 0.0628. The minimum atomic E-state index is -4.77. The van der Waals surface area contributed by atoms with Gasteiger partial charge in [-0.2, -0.15) is 13.2 Å². The van der Waals surface area contributed by atoms with Crippen molar-refractivity contribution in [3.8, 4) is 0 Å². The molecule has 0 radical (unpaired) electrons. The summed E-state index contributed by atoms with van der Waals surface area (Å²) in [6, 6.07) is 9.37. The smallest absolute Gasteiger partial charge is 0.419 e. The molecule has 0 aromatic heterocycles. The number of halogens is 4. The first-order chi connectivity index (χ1) is 12.7. The number of anilines is 1. The van der Waals surface area contributed by atoms with Gasteiger partial charge in [0.25, 0.3) is 0 Å². The van der Waals surface area contributed by atoms with Gasteiger partial charge in [0.15, 0.2) is 5.11 Å². The third-order valence-corrected chi connectivity index (χ3v) is 3.70. The highest BCUT2D eigenvalue weighted by Crippen LogP contribution is 2.32. The summed E-state index contributed by atoms with van der Waals surface area (Å²) < 4.78 is 57.1. The van der Waals surface area contributed by atoms with Crippen molar-refractivity contribution in [1.82, 2.24) is 5.32 Å². The van der Waals surface area contributed by atoms with E-state index < -0.39 is 23.5 Å². The predicted octanol–water partition coefficient (Wildman–Crippen LogP) is 4.51. The van der Waals surface area contributed by atoms with Crippen LogP contribution >= 0.6 is 12.2 Å². The molecule has 0 saturated heterocycles. The van der Waals surface area contributed by atoms with Crippen molar-refractivity contribution in [2.45, 2.75) is 19.6 Å². The number of benzene rings is 2. The Bertz CT molecular complexity index is 840. The largest absolute Gasteiger partial charge is 0.462 e. The van der Waals surface area contributed by atoms with Crippen molar-refractivity contribution in [2.24, 2.45) is 0 Å². The summed E-state index contributed by atoms with van der Waals surface area (Å²) in [5.74, 6) is -1.84. The van der Waals surface area contributed by atoms with Gasteiger partial charge >= 0.3 is 12.1 Å². The van der Waals surface area contributed by atoms with E-state index in [2.05, 4.69) is 10.6 Å². The summed E-state index contributed by atoms with van der Waals surface area (Å²) in [5.41, 5.74) is -0.715. The van der Waals surface area contributed by atoms with Crippen LogP contribution in [-0.2, 0) is 17.5 Å². The Labute approximate surface area is 158 Å². The highest BCUT2D eigenvalue weighted by Gasteiger charge is 2.34. The Morgan fingerprint density at radius 1 is 1.19 bits per heavy atom. The lowest BCUT2D eigenvalue weighted by molar-refractivity contribution is -0.140. The van der Waals surface area contributed by atoms with Gasteiger partial charge < -0.3 is 15.4 Å². The van der Waals surface area contributed by atoms with E-state index in [9.17, 15) is 22.4 Å². The van der Waals surface area contributed by atoms with Gasteiger partial charge in [0.2, 0.25) is 0 Å². The van der Waals surface area contributed by atoms with E-state index in [1.807, 2.05) is 0 Å². The second-order valence-corrected chi connectivity index (χ2v) is 5.79. The van der Waals surface area contributed by atoms with E-state index in [-0.39, 0.29) is 23.8 Å². The standard InChI is InChI=1S/C18H16F4N2O2S/c1-2-26-16(25)11-5-3-7-13(9-11)24-17(27)23-10-12-6-4-8-14(15(12)19)18(20,21)22/h3-9H,2,10H2,1H3,(H2,23,24,27). The van der Waals surface area contributed by atoms with Crippen molar-refractivity contribution in [3.63, 3.8) is 0 Å². The number of alkyl halides is 3. The Balaban J connectivity index is 2.02. The van der Waals surface area contributed by atoms with Crippen LogP contribution in [0.15, 0.2) is 42.5 Å². The molecule has 144 valence electrons. The van der Waals surface area contributed by atoms with Crippen molar-refractivity contribution in [3.05, 3.63) is 65.0 Å². The van der Waals surface area contributed by atoms with Gasteiger partial charge in [0.1, 0.15) is 5.82 Å². The fraction of sp³-hybridized carbons (Fsp3) is 0.222. The van der Waals surface area contributed by atoms with Gasteiger partial charge in [-0.05, 0) is 43.4 Å². The molecule has 0 saturated carbocycles. The average molecular weight is 400 g/mol. The number of esters is 1. The Kier molecular flexibility index (Phi) is 6.73. The van der Waals surface area contributed by atoms with Gasteiger partial charge in [-0.3, -0.25) is 0 Å². The van der Waals surface area contributed by atoms with Crippen LogP contribution < -0.4 is 10.6 Å². The van der Waals surface area contributed by atoms with Gasteiger partial charge in [-0.1, -0.05) is 18.2 Å². The zero-order valence-corrected chi connectivity index (χ0v) is 15.0. The molecular weight excluding hydrogens is 384 g/mol. The first-order valence-electron chi connectivity index (χ1n) is 7.89. The first-order valence-corrected chi connectivity index (χ1v) is 8.29. The van der Waals surface area contributed by atoms with Crippen molar-refractivity contribution in [2.75, 3.05) is 11.9 Å². The fourth-order valence-corrected chi connectivity index (χ4v) is 2.41. The Morgan fingerprint density at radius 3 is 2.56 bits per heavy atom. The molecule has 2 aromatic carbocycles. The fourth-order valence-electron chi connectivity index (χ4n) is 2.22. The van der Waals surface area contributed by atoms with Crippen LogP contribution in [0, 0.1) is 5.82 Å². The molecular formula is C18H16F4N2O2S. The van der Waals surface area contributed by atoms with Crippen molar-refractivity contribution < 1.29 is 27.1 Å². The zero-order chi connectivity index (χ0) is 20.0. The molecule has 0 aliphatic carbocycles. The number of hydrogen-bond acceptors (Lipinski definition) is 3. The Hall–Kier alpha value is -2.68. The van der Waals surface area contributed by atoms with Crippen LogP contribution in [0.3, 0.4) is 0 Å². The average Bonchev–Trinajstić information content (AvgIpc) is 2.60. The van der Waals surface area contributed by atoms with E-state index in [1.165, 1.54) is 12.1 Å². The minimum Gasteiger partial charge on any atom is -0.462 e. The summed E-state index contributed by atoms with van der Waals surface area (Å²) in [5, 5.41) is 5.48. The summed E-state index contributed by atoms with van der Waals surface area (Å²) in [6.07, 6.45) is -4.77. The first kappa shape index (κ1) is 20.6. The molecule has 2 aromatic rings. The maximum Gasteiger partial charge on any atom is 0.419 e. The Morgan fingerprint density at radius 2 is 1.89 bits per heavy atom. The molecule has 0 atom stereocenters. The molecule has 2 rings (SSSR count). The van der Waals surface area contributed by atoms with E-state index in [4.69, 9.17) is 17.0 Å². The SMILES string of the molecule is CCOC(=O)c1cccc(NC(=S)NCc2cccc(C(F)(F)F)c2F)c1. The van der Waals surface area contributed by atoms with Gasteiger partial charge in [0.05, 0.1) is 17.7 Å². The van der Waals surface area contributed by atoms with E-state index in [0.717, 1.165) is 6.07 Å². The molecule has 9 heteroatoms. The highest BCUT2D eigenvalue weighted by atomic mass is 32.1. The molecule has 0 amide bonds. The topological polar surface area (TPSA) is 50.4 Å². The van der Waals surface area contributed by atoms with E-state index in [0.29, 0.717) is 17.3 Å². The number of carbonyl (C=O) groups excluding carboxylic acids is 1. The third kappa shape index (κ3) is 5.65. The number of nitrogens with one attached hydrogen (secondary N) is 2. The summed E-state index contributed by atoms with van der Waals surface area (Å²) in [6.45, 7) is 1.68. The normalized spacial score (nSPS) is 11.0. The quantitative estimate of drug-likeness (QED) is 0.440. The van der Waals surface area contributed by atoms with Crippen LogP contribution in [-0.4, -0.2) is 17.7 Å². The second-order valence-electron chi connectivity index (χ2n) is 5.39. The lowest BCUT2D eigenvalue weighted by Gasteiger charge is -2.14. The van der Waals surface area contributed by atoms with Gasteiger partial charge in [0, 0.05) is 17.8 Å². The summed E-state index contributed by atoms with van der Waals surface area (Å²) >= 11 is 5.06. The number of carbonyl (C=O) groups is 1. The van der Waals surface area contributed by atoms with Crippen LogP contribution in [0.4, 0.5) is 23.2 Å². The lowest BCUT2D eigenvalue weighted by Crippen LogP contribution is -2.28. The molecule has 0 heterocycles. The predicted molar refractivity (Wildman–Crippen MR) is 96.9 cm³/mol. The molecule has 27 heavy (non-hydrogen) atoms.